The standard InChI is InChI=1S/C18H24O/c19-18(13-14-5-2-1-3-6-14)17-11-9-16(10-12-17)15-7-4-8-15/h9-12,14-15H,1-8,13H2. The van der Waals surface area contributed by atoms with Crippen LogP contribution < -0.4 is 0 Å². The summed E-state index contributed by atoms with van der Waals surface area (Å²) in [7, 11) is 0. The van der Waals surface area contributed by atoms with Gasteiger partial charge in [0.05, 0.1) is 0 Å². The van der Waals surface area contributed by atoms with E-state index < -0.39 is 0 Å². The van der Waals surface area contributed by atoms with Crippen molar-refractivity contribution < 1.29 is 4.79 Å². The Morgan fingerprint density at radius 2 is 1.58 bits per heavy atom. The Morgan fingerprint density at radius 3 is 2.16 bits per heavy atom. The van der Waals surface area contributed by atoms with Crippen LogP contribution in [0.1, 0.15) is 79.6 Å². The van der Waals surface area contributed by atoms with Crippen LogP contribution in [0.4, 0.5) is 0 Å². The molecule has 0 saturated heterocycles. The van der Waals surface area contributed by atoms with Gasteiger partial charge in [0.25, 0.3) is 0 Å². The second-order valence-corrected chi connectivity index (χ2v) is 6.38. The first kappa shape index (κ1) is 12.9. The molecule has 102 valence electrons. The third-order valence-corrected chi connectivity index (χ3v) is 5.01. The van der Waals surface area contributed by atoms with E-state index >= 15 is 0 Å². The summed E-state index contributed by atoms with van der Waals surface area (Å²) in [6.45, 7) is 0. The van der Waals surface area contributed by atoms with Crippen molar-refractivity contribution in [2.45, 2.75) is 63.7 Å². The molecule has 0 atom stereocenters. The number of carbonyl (C=O) groups excluding carboxylic acids is 1. The molecule has 2 saturated carbocycles. The minimum atomic E-state index is 0.354. The average Bonchev–Trinajstić information content (AvgIpc) is 2.39. The van der Waals surface area contributed by atoms with Crippen molar-refractivity contribution in [3.63, 3.8) is 0 Å². The van der Waals surface area contributed by atoms with Gasteiger partial charge in [0.15, 0.2) is 5.78 Å². The Kier molecular flexibility index (Phi) is 4.00. The van der Waals surface area contributed by atoms with Crippen LogP contribution in [0.15, 0.2) is 24.3 Å². The van der Waals surface area contributed by atoms with E-state index in [0.29, 0.717) is 11.7 Å². The number of hydrogen-bond acceptors (Lipinski definition) is 1. The van der Waals surface area contributed by atoms with Gasteiger partial charge in [-0.1, -0.05) is 62.8 Å². The first-order chi connectivity index (χ1) is 9.33. The molecule has 1 heteroatoms. The predicted molar refractivity (Wildman–Crippen MR) is 78.6 cm³/mol. The van der Waals surface area contributed by atoms with E-state index in [0.717, 1.165) is 17.9 Å². The maximum absolute atomic E-state index is 12.3. The van der Waals surface area contributed by atoms with Crippen LogP contribution in [-0.2, 0) is 0 Å². The molecule has 2 aliphatic rings. The molecule has 2 aliphatic carbocycles. The van der Waals surface area contributed by atoms with E-state index in [9.17, 15) is 4.79 Å². The van der Waals surface area contributed by atoms with Crippen molar-refractivity contribution in [2.75, 3.05) is 0 Å². The zero-order chi connectivity index (χ0) is 13.1. The second-order valence-electron chi connectivity index (χ2n) is 6.38. The molecule has 1 nitrogen and oxygen atoms in total. The molecule has 1 aromatic carbocycles. The molecular formula is C18H24O. The van der Waals surface area contributed by atoms with Gasteiger partial charge in [-0.2, -0.15) is 0 Å². The second kappa shape index (κ2) is 5.90. The molecule has 0 heterocycles. The summed E-state index contributed by atoms with van der Waals surface area (Å²) >= 11 is 0. The third-order valence-electron chi connectivity index (χ3n) is 5.01. The topological polar surface area (TPSA) is 17.1 Å². The zero-order valence-electron chi connectivity index (χ0n) is 11.7. The molecule has 0 unspecified atom stereocenters. The lowest BCUT2D eigenvalue weighted by atomic mass is 9.79. The summed E-state index contributed by atoms with van der Waals surface area (Å²) in [6.07, 6.45) is 11.3. The highest BCUT2D eigenvalue weighted by molar-refractivity contribution is 5.96. The van der Waals surface area contributed by atoms with Gasteiger partial charge in [0.1, 0.15) is 0 Å². The quantitative estimate of drug-likeness (QED) is 0.684. The molecule has 2 fully saturated rings. The zero-order valence-corrected chi connectivity index (χ0v) is 11.7. The van der Waals surface area contributed by atoms with Crippen molar-refractivity contribution in [1.29, 1.82) is 0 Å². The molecule has 0 N–H and O–H groups in total. The van der Waals surface area contributed by atoms with Gasteiger partial charge >= 0.3 is 0 Å². The minimum absolute atomic E-state index is 0.354. The van der Waals surface area contributed by atoms with E-state index in [2.05, 4.69) is 24.3 Å². The molecule has 0 aromatic heterocycles. The molecule has 0 bridgehead atoms. The van der Waals surface area contributed by atoms with E-state index in [-0.39, 0.29) is 0 Å². The minimum Gasteiger partial charge on any atom is -0.294 e. The number of hydrogen-bond donors (Lipinski definition) is 0. The van der Waals surface area contributed by atoms with Crippen molar-refractivity contribution >= 4 is 5.78 Å². The van der Waals surface area contributed by atoms with Gasteiger partial charge in [0.2, 0.25) is 0 Å². The lowest BCUT2D eigenvalue weighted by Gasteiger charge is -2.26. The van der Waals surface area contributed by atoms with Crippen molar-refractivity contribution in [3.05, 3.63) is 35.4 Å². The number of carbonyl (C=O) groups is 1. The fourth-order valence-corrected chi connectivity index (χ4v) is 3.45. The molecular weight excluding hydrogens is 232 g/mol. The monoisotopic (exact) mass is 256 g/mol. The summed E-state index contributed by atoms with van der Waals surface area (Å²) < 4.78 is 0. The summed E-state index contributed by atoms with van der Waals surface area (Å²) in [5.74, 6) is 1.77. The Labute approximate surface area is 116 Å². The SMILES string of the molecule is O=C(CC1CCCCC1)c1ccc(C2CCC2)cc1. The lowest BCUT2D eigenvalue weighted by Crippen LogP contribution is -2.13. The average molecular weight is 256 g/mol. The molecule has 3 rings (SSSR count). The van der Waals surface area contributed by atoms with E-state index in [1.165, 1.54) is 56.9 Å². The molecule has 0 spiro atoms. The van der Waals surface area contributed by atoms with Crippen LogP contribution in [0.5, 0.6) is 0 Å². The summed E-state index contributed by atoms with van der Waals surface area (Å²) in [4.78, 5) is 12.3. The molecule has 0 aliphatic heterocycles. The van der Waals surface area contributed by atoms with Gasteiger partial charge in [0, 0.05) is 12.0 Å². The Hall–Kier alpha value is -1.11. The largest absolute Gasteiger partial charge is 0.294 e. The van der Waals surface area contributed by atoms with Gasteiger partial charge in [-0.3, -0.25) is 4.79 Å². The number of ketones is 1. The Bertz CT molecular complexity index is 422. The lowest BCUT2D eigenvalue weighted by molar-refractivity contribution is 0.0950. The fraction of sp³-hybridized carbons (Fsp3) is 0.611. The van der Waals surface area contributed by atoms with Crippen molar-refractivity contribution in [2.24, 2.45) is 5.92 Å². The molecule has 0 amide bonds. The number of Topliss-reactive ketones (excluding diaryl/α,β-unsaturated/α-hetero) is 1. The molecule has 0 radical (unpaired) electrons. The van der Waals surface area contributed by atoms with E-state index in [1.807, 2.05) is 0 Å². The van der Waals surface area contributed by atoms with Gasteiger partial charge in [-0.25, -0.2) is 0 Å². The number of benzene rings is 1. The van der Waals surface area contributed by atoms with Crippen LogP contribution in [0.25, 0.3) is 0 Å². The normalized spacial score (nSPS) is 21.1. The highest BCUT2D eigenvalue weighted by atomic mass is 16.1. The molecule has 19 heavy (non-hydrogen) atoms. The van der Waals surface area contributed by atoms with Gasteiger partial charge in [-0.15, -0.1) is 0 Å². The van der Waals surface area contributed by atoms with Crippen molar-refractivity contribution in [1.82, 2.24) is 0 Å². The van der Waals surface area contributed by atoms with Crippen LogP contribution >= 0.6 is 0 Å². The highest BCUT2D eigenvalue weighted by Gasteiger charge is 2.20. The van der Waals surface area contributed by atoms with Crippen molar-refractivity contribution in [3.8, 4) is 0 Å². The van der Waals surface area contributed by atoms with E-state index in [1.54, 1.807) is 0 Å². The number of rotatable bonds is 4. The fourth-order valence-electron chi connectivity index (χ4n) is 3.45. The maximum atomic E-state index is 12.3. The summed E-state index contributed by atoms with van der Waals surface area (Å²) in [5.41, 5.74) is 2.36. The van der Waals surface area contributed by atoms with Gasteiger partial charge < -0.3 is 0 Å². The first-order valence-electron chi connectivity index (χ1n) is 7.96. The predicted octanol–water partition coefficient (Wildman–Crippen LogP) is 5.11. The highest BCUT2D eigenvalue weighted by Crippen LogP contribution is 2.36. The smallest absolute Gasteiger partial charge is 0.163 e. The summed E-state index contributed by atoms with van der Waals surface area (Å²) in [5, 5.41) is 0. The van der Waals surface area contributed by atoms with Crippen LogP contribution in [0.2, 0.25) is 0 Å². The first-order valence-corrected chi connectivity index (χ1v) is 7.96. The Balaban J connectivity index is 1.59. The third kappa shape index (κ3) is 3.08. The van der Waals surface area contributed by atoms with E-state index in [4.69, 9.17) is 0 Å². The Morgan fingerprint density at radius 1 is 0.895 bits per heavy atom. The maximum Gasteiger partial charge on any atom is 0.163 e. The van der Waals surface area contributed by atoms with Crippen LogP contribution in [-0.4, -0.2) is 5.78 Å². The molecule has 1 aromatic rings. The summed E-state index contributed by atoms with van der Waals surface area (Å²) in [6, 6.07) is 8.47. The van der Waals surface area contributed by atoms with Crippen LogP contribution in [0, 0.1) is 5.92 Å². The van der Waals surface area contributed by atoms with Gasteiger partial charge in [-0.05, 0) is 30.2 Å². The van der Waals surface area contributed by atoms with Crippen LogP contribution in [0.3, 0.4) is 0 Å².